The van der Waals surface area contributed by atoms with Crippen molar-refractivity contribution < 1.29 is 24.2 Å². The van der Waals surface area contributed by atoms with Crippen LogP contribution in [-0.4, -0.2) is 36.4 Å². The lowest BCUT2D eigenvalue weighted by Crippen LogP contribution is -2.60. The number of fused-ring (bicyclic) bond motifs is 1. The molecule has 0 aliphatic heterocycles. The summed E-state index contributed by atoms with van der Waals surface area (Å²) in [5.41, 5.74) is 1.77. The van der Waals surface area contributed by atoms with E-state index in [2.05, 4.69) is 40.7 Å². The van der Waals surface area contributed by atoms with Crippen molar-refractivity contribution in [2.24, 2.45) is 28.6 Å². The third kappa shape index (κ3) is 5.60. The first-order valence-corrected chi connectivity index (χ1v) is 11.6. The molecule has 1 saturated carbocycles. The molecule has 0 aromatic carbocycles. The number of esters is 2. The fourth-order valence-electron chi connectivity index (χ4n) is 6.15. The van der Waals surface area contributed by atoms with E-state index in [9.17, 15) is 14.7 Å². The number of allylic oxidation sites excluding steroid dienone is 3. The SMILES string of the molecule is COC(=O)C[C@H](C)CC[C@H]1C(C)=CC[C@H]2C(C)(C)[C@@H](O)[C@H](OC(=O)C=C(C)C)C[C@]12C. The number of ether oxygens (including phenoxy) is 2. The Balaban J connectivity index is 2.27. The number of methoxy groups -OCH3 is 1. The van der Waals surface area contributed by atoms with Gasteiger partial charge in [-0.05, 0) is 75.0 Å². The van der Waals surface area contributed by atoms with Crippen LogP contribution in [0.15, 0.2) is 23.3 Å². The number of rotatable bonds is 7. The van der Waals surface area contributed by atoms with Crippen LogP contribution in [0, 0.1) is 28.6 Å². The van der Waals surface area contributed by atoms with Crippen LogP contribution in [-0.2, 0) is 19.1 Å². The molecule has 0 aromatic rings. The highest BCUT2D eigenvalue weighted by molar-refractivity contribution is 5.82. The summed E-state index contributed by atoms with van der Waals surface area (Å²) in [7, 11) is 1.43. The zero-order valence-corrected chi connectivity index (χ0v) is 20.7. The summed E-state index contributed by atoms with van der Waals surface area (Å²) in [5, 5.41) is 11.2. The van der Waals surface area contributed by atoms with E-state index in [-0.39, 0.29) is 34.6 Å². The van der Waals surface area contributed by atoms with E-state index in [4.69, 9.17) is 9.47 Å². The number of carbonyl (C=O) groups is 2. The van der Waals surface area contributed by atoms with Crippen molar-refractivity contribution in [1.29, 1.82) is 0 Å². The van der Waals surface area contributed by atoms with Crippen LogP contribution in [0.2, 0.25) is 0 Å². The van der Waals surface area contributed by atoms with Gasteiger partial charge in [-0.3, -0.25) is 4.79 Å². The average molecular weight is 435 g/mol. The summed E-state index contributed by atoms with van der Waals surface area (Å²) in [5.74, 6) is 0.312. The third-order valence-electron chi connectivity index (χ3n) is 7.84. The molecule has 0 aromatic heterocycles. The molecule has 0 amide bonds. The van der Waals surface area contributed by atoms with Gasteiger partial charge in [0.1, 0.15) is 6.10 Å². The van der Waals surface area contributed by atoms with Crippen LogP contribution in [0.4, 0.5) is 0 Å². The fraction of sp³-hybridized carbons (Fsp3) is 0.769. The molecule has 1 fully saturated rings. The first-order chi connectivity index (χ1) is 14.3. The van der Waals surface area contributed by atoms with Crippen molar-refractivity contribution in [3.8, 4) is 0 Å². The molecule has 2 aliphatic rings. The Hall–Kier alpha value is -1.62. The van der Waals surface area contributed by atoms with Crippen molar-refractivity contribution in [3.05, 3.63) is 23.3 Å². The summed E-state index contributed by atoms with van der Waals surface area (Å²) in [6, 6.07) is 0. The van der Waals surface area contributed by atoms with E-state index in [1.54, 1.807) is 0 Å². The van der Waals surface area contributed by atoms with Gasteiger partial charge in [0.25, 0.3) is 0 Å². The number of aliphatic hydroxyl groups excluding tert-OH is 1. The predicted octanol–water partition coefficient (Wildman–Crippen LogP) is 5.22. The number of hydrogen-bond acceptors (Lipinski definition) is 5. The van der Waals surface area contributed by atoms with E-state index in [0.29, 0.717) is 18.8 Å². The lowest BCUT2D eigenvalue weighted by molar-refractivity contribution is -0.194. The van der Waals surface area contributed by atoms with E-state index in [1.165, 1.54) is 18.8 Å². The second-order valence-corrected chi connectivity index (χ2v) is 10.9. The third-order valence-corrected chi connectivity index (χ3v) is 7.84. The second kappa shape index (κ2) is 9.89. The van der Waals surface area contributed by atoms with Gasteiger partial charge in [0.05, 0.1) is 13.2 Å². The Bertz CT molecular complexity index is 730. The number of aliphatic hydroxyl groups is 1. The van der Waals surface area contributed by atoms with Crippen molar-refractivity contribution in [1.82, 2.24) is 0 Å². The molecular formula is C26H42O5. The molecule has 2 rings (SSSR count). The summed E-state index contributed by atoms with van der Waals surface area (Å²) >= 11 is 0. The van der Waals surface area contributed by atoms with Crippen molar-refractivity contribution >= 4 is 11.9 Å². The van der Waals surface area contributed by atoms with Crippen LogP contribution in [0.25, 0.3) is 0 Å². The zero-order valence-electron chi connectivity index (χ0n) is 20.7. The van der Waals surface area contributed by atoms with Gasteiger partial charge in [-0.25, -0.2) is 4.79 Å². The maximum Gasteiger partial charge on any atom is 0.331 e. The molecule has 176 valence electrons. The summed E-state index contributed by atoms with van der Waals surface area (Å²) in [4.78, 5) is 24.0. The van der Waals surface area contributed by atoms with E-state index in [1.807, 2.05) is 13.8 Å². The average Bonchev–Trinajstić information content (AvgIpc) is 2.64. The van der Waals surface area contributed by atoms with Gasteiger partial charge >= 0.3 is 11.9 Å². The first-order valence-electron chi connectivity index (χ1n) is 11.6. The minimum Gasteiger partial charge on any atom is -0.469 e. The molecule has 0 radical (unpaired) electrons. The Labute approximate surface area is 188 Å². The molecule has 6 atom stereocenters. The number of hydrogen-bond donors (Lipinski definition) is 1. The lowest BCUT2D eigenvalue weighted by Gasteiger charge is -2.60. The highest BCUT2D eigenvalue weighted by Gasteiger charge is 2.59. The Morgan fingerprint density at radius 2 is 1.94 bits per heavy atom. The molecular weight excluding hydrogens is 392 g/mol. The van der Waals surface area contributed by atoms with Gasteiger partial charge in [0, 0.05) is 12.5 Å². The largest absolute Gasteiger partial charge is 0.469 e. The van der Waals surface area contributed by atoms with Gasteiger partial charge in [-0.2, -0.15) is 0 Å². The van der Waals surface area contributed by atoms with Gasteiger partial charge in [-0.1, -0.05) is 44.9 Å². The first kappa shape index (κ1) is 25.6. The molecule has 0 bridgehead atoms. The minimum absolute atomic E-state index is 0.0948. The molecule has 2 aliphatic carbocycles. The van der Waals surface area contributed by atoms with Crippen LogP contribution in [0.3, 0.4) is 0 Å². The van der Waals surface area contributed by atoms with Crippen molar-refractivity contribution in [3.63, 3.8) is 0 Å². The van der Waals surface area contributed by atoms with Crippen molar-refractivity contribution in [2.75, 3.05) is 7.11 Å². The van der Waals surface area contributed by atoms with Crippen LogP contribution >= 0.6 is 0 Å². The highest BCUT2D eigenvalue weighted by atomic mass is 16.6. The Morgan fingerprint density at radius 3 is 2.52 bits per heavy atom. The summed E-state index contributed by atoms with van der Waals surface area (Å²) in [6.07, 6.45) is 6.48. The summed E-state index contributed by atoms with van der Waals surface area (Å²) < 4.78 is 10.6. The molecule has 0 spiro atoms. The summed E-state index contributed by atoms with van der Waals surface area (Å²) in [6.45, 7) is 14.5. The molecule has 0 heterocycles. The Kier molecular flexibility index (Phi) is 8.18. The second-order valence-electron chi connectivity index (χ2n) is 10.9. The standard InChI is InChI=1S/C26H42O5/c1-16(2)13-23(28)31-20-15-26(7)19(11-9-17(3)14-22(27)30-8)18(4)10-12-21(26)25(5,6)24(20)29/h10,13,17,19-21,24,29H,9,11-12,14-15H2,1-8H3/t17-,19+,20-,21+,24+,26-/m1/s1. The van der Waals surface area contributed by atoms with E-state index >= 15 is 0 Å². The maximum atomic E-state index is 12.4. The van der Waals surface area contributed by atoms with Gasteiger partial charge in [0.15, 0.2) is 0 Å². The lowest BCUT2D eigenvalue weighted by atomic mass is 9.46. The monoisotopic (exact) mass is 434 g/mol. The molecule has 5 heteroatoms. The Morgan fingerprint density at radius 1 is 1.29 bits per heavy atom. The fourth-order valence-corrected chi connectivity index (χ4v) is 6.15. The van der Waals surface area contributed by atoms with Crippen molar-refractivity contribution in [2.45, 2.75) is 92.8 Å². The molecule has 1 N–H and O–H groups in total. The highest BCUT2D eigenvalue weighted by Crippen LogP contribution is 2.61. The van der Waals surface area contributed by atoms with Crippen LogP contribution in [0.5, 0.6) is 0 Å². The smallest absolute Gasteiger partial charge is 0.331 e. The normalized spacial score (nSPS) is 32.9. The van der Waals surface area contributed by atoms with E-state index < -0.39 is 12.2 Å². The quantitative estimate of drug-likeness (QED) is 0.338. The molecule has 0 unspecified atom stereocenters. The number of carbonyl (C=O) groups excluding carboxylic acids is 2. The zero-order chi connectivity index (χ0) is 23.6. The van der Waals surface area contributed by atoms with Crippen LogP contribution in [0.1, 0.15) is 80.6 Å². The van der Waals surface area contributed by atoms with Gasteiger partial charge in [-0.15, -0.1) is 0 Å². The molecule has 31 heavy (non-hydrogen) atoms. The molecule has 0 saturated heterocycles. The van der Waals surface area contributed by atoms with E-state index in [0.717, 1.165) is 24.8 Å². The van der Waals surface area contributed by atoms with Gasteiger partial charge < -0.3 is 14.6 Å². The maximum absolute atomic E-state index is 12.4. The van der Waals surface area contributed by atoms with Crippen LogP contribution < -0.4 is 0 Å². The minimum atomic E-state index is -0.703. The van der Waals surface area contributed by atoms with Gasteiger partial charge in [0.2, 0.25) is 0 Å². The topological polar surface area (TPSA) is 72.8 Å². The molecule has 5 nitrogen and oxygen atoms in total. The predicted molar refractivity (Wildman–Crippen MR) is 122 cm³/mol.